The number of hydrogen-bond acceptors (Lipinski definition) is 4. The van der Waals surface area contributed by atoms with Crippen molar-refractivity contribution in [2.24, 2.45) is 5.92 Å². The number of nitrogens with zero attached hydrogens (tertiary/aromatic N) is 2. The predicted molar refractivity (Wildman–Crippen MR) is 61.4 cm³/mol. The maximum atomic E-state index is 9.18. The molecule has 1 atom stereocenters. The Balaban J connectivity index is 1.92. The van der Waals surface area contributed by atoms with Crippen LogP contribution >= 0.6 is 0 Å². The fourth-order valence-corrected chi connectivity index (χ4v) is 2.30. The first-order valence-corrected chi connectivity index (χ1v) is 5.87. The number of H-pyrrole nitrogens is 1. The van der Waals surface area contributed by atoms with Gasteiger partial charge >= 0.3 is 0 Å². The SMILES string of the molecule is Cc1ncc(-c2nc3c([nH]2)CC(CO)CC3)o1. The summed E-state index contributed by atoms with van der Waals surface area (Å²) >= 11 is 0. The molecule has 1 aliphatic carbocycles. The lowest BCUT2D eigenvalue weighted by Gasteiger charge is -2.18. The van der Waals surface area contributed by atoms with Crippen molar-refractivity contribution in [3.8, 4) is 11.6 Å². The molecular formula is C12H15N3O2. The van der Waals surface area contributed by atoms with Gasteiger partial charge in [-0.15, -0.1) is 0 Å². The highest BCUT2D eigenvalue weighted by atomic mass is 16.4. The van der Waals surface area contributed by atoms with Crippen LogP contribution in [0.15, 0.2) is 10.6 Å². The Kier molecular flexibility index (Phi) is 2.48. The van der Waals surface area contributed by atoms with E-state index in [0.717, 1.165) is 36.5 Å². The van der Waals surface area contributed by atoms with Gasteiger partial charge in [0.25, 0.3) is 0 Å². The van der Waals surface area contributed by atoms with Gasteiger partial charge in [-0.05, 0) is 25.2 Å². The molecule has 1 unspecified atom stereocenters. The number of aromatic nitrogens is 3. The molecular weight excluding hydrogens is 218 g/mol. The van der Waals surface area contributed by atoms with Gasteiger partial charge in [0, 0.05) is 19.2 Å². The molecule has 0 aliphatic heterocycles. The molecule has 0 amide bonds. The van der Waals surface area contributed by atoms with Crippen LogP contribution in [0.2, 0.25) is 0 Å². The van der Waals surface area contributed by atoms with Gasteiger partial charge in [0.15, 0.2) is 17.5 Å². The summed E-state index contributed by atoms with van der Waals surface area (Å²) in [6.45, 7) is 2.06. The molecule has 0 saturated heterocycles. The van der Waals surface area contributed by atoms with Crippen molar-refractivity contribution in [2.75, 3.05) is 6.61 Å². The summed E-state index contributed by atoms with van der Waals surface area (Å²) < 4.78 is 5.45. The highest BCUT2D eigenvalue weighted by molar-refractivity contribution is 5.47. The zero-order chi connectivity index (χ0) is 11.8. The molecule has 0 saturated carbocycles. The molecule has 1 aliphatic rings. The number of aromatic amines is 1. The zero-order valence-corrected chi connectivity index (χ0v) is 9.73. The maximum absolute atomic E-state index is 9.18. The third-order valence-electron chi connectivity index (χ3n) is 3.26. The molecule has 5 heteroatoms. The van der Waals surface area contributed by atoms with Crippen LogP contribution in [0.25, 0.3) is 11.6 Å². The van der Waals surface area contributed by atoms with Crippen molar-refractivity contribution in [2.45, 2.75) is 26.2 Å². The molecule has 0 aromatic carbocycles. The van der Waals surface area contributed by atoms with Crippen LogP contribution in [0.1, 0.15) is 23.7 Å². The van der Waals surface area contributed by atoms with Crippen molar-refractivity contribution in [1.29, 1.82) is 0 Å². The molecule has 0 spiro atoms. The van der Waals surface area contributed by atoms with Gasteiger partial charge in [0.05, 0.1) is 11.9 Å². The average Bonchev–Trinajstić information content (AvgIpc) is 2.93. The van der Waals surface area contributed by atoms with Crippen LogP contribution in [0.5, 0.6) is 0 Å². The summed E-state index contributed by atoms with van der Waals surface area (Å²) in [4.78, 5) is 11.9. The van der Waals surface area contributed by atoms with Gasteiger partial charge in [0.1, 0.15) is 0 Å². The van der Waals surface area contributed by atoms with Gasteiger partial charge in [0.2, 0.25) is 0 Å². The van der Waals surface area contributed by atoms with E-state index in [1.54, 1.807) is 6.20 Å². The topological polar surface area (TPSA) is 74.9 Å². The van der Waals surface area contributed by atoms with E-state index in [0.29, 0.717) is 17.6 Å². The first-order valence-electron chi connectivity index (χ1n) is 5.87. The fourth-order valence-electron chi connectivity index (χ4n) is 2.30. The number of aryl methyl sites for hydroxylation is 2. The van der Waals surface area contributed by atoms with Crippen molar-refractivity contribution < 1.29 is 9.52 Å². The smallest absolute Gasteiger partial charge is 0.191 e. The van der Waals surface area contributed by atoms with Crippen LogP contribution in [0.4, 0.5) is 0 Å². The van der Waals surface area contributed by atoms with Gasteiger partial charge in [-0.2, -0.15) is 0 Å². The largest absolute Gasteiger partial charge is 0.438 e. The number of imidazole rings is 1. The number of nitrogens with one attached hydrogen (secondary N) is 1. The van der Waals surface area contributed by atoms with E-state index in [9.17, 15) is 5.11 Å². The second-order valence-electron chi connectivity index (χ2n) is 4.55. The Morgan fingerprint density at radius 3 is 3.18 bits per heavy atom. The molecule has 17 heavy (non-hydrogen) atoms. The summed E-state index contributed by atoms with van der Waals surface area (Å²) in [7, 11) is 0. The summed E-state index contributed by atoms with van der Waals surface area (Å²) in [5.74, 6) is 2.42. The van der Waals surface area contributed by atoms with Crippen molar-refractivity contribution in [3.05, 3.63) is 23.5 Å². The monoisotopic (exact) mass is 233 g/mol. The Hall–Kier alpha value is -1.62. The molecule has 2 aromatic heterocycles. The normalized spacial score (nSPS) is 19.3. The second-order valence-corrected chi connectivity index (χ2v) is 4.55. The van der Waals surface area contributed by atoms with Crippen molar-refractivity contribution in [1.82, 2.24) is 15.0 Å². The van der Waals surface area contributed by atoms with Crippen LogP contribution in [-0.2, 0) is 12.8 Å². The number of hydrogen-bond donors (Lipinski definition) is 2. The lowest BCUT2D eigenvalue weighted by molar-refractivity contribution is 0.212. The summed E-state index contributed by atoms with van der Waals surface area (Å²) in [5.41, 5.74) is 2.22. The molecule has 90 valence electrons. The minimum absolute atomic E-state index is 0.245. The standard InChI is InChI=1S/C12H15N3O2/c1-7-13-5-11(17-7)12-14-9-3-2-8(6-16)4-10(9)15-12/h5,8,16H,2-4,6H2,1H3,(H,14,15). The number of aliphatic hydroxyl groups excluding tert-OH is 1. The van der Waals surface area contributed by atoms with Crippen molar-refractivity contribution >= 4 is 0 Å². The molecule has 2 heterocycles. The van der Waals surface area contributed by atoms with Crippen LogP contribution < -0.4 is 0 Å². The van der Waals surface area contributed by atoms with E-state index >= 15 is 0 Å². The Morgan fingerprint density at radius 1 is 1.59 bits per heavy atom. The van der Waals surface area contributed by atoms with E-state index in [1.807, 2.05) is 6.92 Å². The van der Waals surface area contributed by atoms with Crippen molar-refractivity contribution in [3.63, 3.8) is 0 Å². The highest BCUT2D eigenvalue weighted by Gasteiger charge is 2.22. The van der Waals surface area contributed by atoms with Gasteiger partial charge < -0.3 is 14.5 Å². The van der Waals surface area contributed by atoms with Gasteiger partial charge in [-0.25, -0.2) is 9.97 Å². The molecule has 0 fully saturated rings. The fraction of sp³-hybridized carbons (Fsp3) is 0.500. The number of oxazole rings is 1. The van der Waals surface area contributed by atoms with Crippen LogP contribution in [0.3, 0.4) is 0 Å². The lowest BCUT2D eigenvalue weighted by atomic mass is 9.91. The van der Waals surface area contributed by atoms with E-state index in [2.05, 4.69) is 15.0 Å². The third kappa shape index (κ3) is 1.86. The minimum atomic E-state index is 0.245. The Bertz CT molecular complexity index is 530. The molecule has 3 rings (SSSR count). The summed E-state index contributed by atoms with van der Waals surface area (Å²) in [6.07, 6.45) is 4.47. The molecule has 5 nitrogen and oxygen atoms in total. The van der Waals surface area contributed by atoms with Gasteiger partial charge in [-0.3, -0.25) is 0 Å². The Morgan fingerprint density at radius 2 is 2.47 bits per heavy atom. The first-order chi connectivity index (χ1) is 8.26. The number of fused-ring (bicyclic) bond motifs is 1. The van der Waals surface area contributed by atoms with Gasteiger partial charge in [-0.1, -0.05) is 0 Å². The lowest BCUT2D eigenvalue weighted by Crippen LogP contribution is -2.17. The molecule has 2 aromatic rings. The quantitative estimate of drug-likeness (QED) is 0.823. The van der Waals surface area contributed by atoms with E-state index in [1.165, 1.54) is 0 Å². The van der Waals surface area contributed by atoms with E-state index in [-0.39, 0.29) is 6.61 Å². The highest BCUT2D eigenvalue weighted by Crippen LogP contribution is 2.27. The minimum Gasteiger partial charge on any atom is -0.438 e. The predicted octanol–water partition coefficient (Wildman–Crippen LogP) is 1.47. The average molecular weight is 233 g/mol. The van der Waals surface area contributed by atoms with E-state index < -0.39 is 0 Å². The molecule has 0 bridgehead atoms. The number of aliphatic hydroxyl groups is 1. The summed E-state index contributed by atoms with van der Waals surface area (Å²) in [6, 6.07) is 0. The summed E-state index contributed by atoms with van der Waals surface area (Å²) in [5, 5.41) is 9.18. The Labute approximate surface area is 98.9 Å². The third-order valence-corrected chi connectivity index (χ3v) is 3.26. The van der Waals surface area contributed by atoms with Crippen LogP contribution in [-0.4, -0.2) is 26.7 Å². The second kappa shape index (κ2) is 4.00. The van der Waals surface area contributed by atoms with E-state index in [4.69, 9.17) is 4.42 Å². The first kappa shape index (κ1) is 10.5. The van der Waals surface area contributed by atoms with Crippen LogP contribution in [0, 0.1) is 12.8 Å². The zero-order valence-electron chi connectivity index (χ0n) is 9.73. The molecule has 0 radical (unpaired) electrons. The molecule has 2 N–H and O–H groups in total. The maximum Gasteiger partial charge on any atom is 0.191 e. The number of rotatable bonds is 2.